The van der Waals surface area contributed by atoms with E-state index < -0.39 is 12.2 Å². The van der Waals surface area contributed by atoms with Crippen molar-refractivity contribution in [3.05, 3.63) is 23.3 Å². The van der Waals surface area contributed by atoms with E-state index in [0.29, 0.717) is 18.8 Å². The van der Waals surface area contributed by atoms with E-state index >= 15 is 0 Å². The summed E-state index contributed by atoms with van der Waals surface area (Å²) in [5.41, 5.74) is 4.23. The summed E-state index contributed by atoms with van der Waals surface area (Å²) in [6, 6.07) is 0. The summed E-state index contributed by atoms with van der Waals surface area (Å²) in [6.07, 6.45) is 7.31. The Kier molecular flexibility index (Phi) is 4.39. The summed E-state index contributed by atoms with van der Waals surface area (Å²) in [7, 11) is 1.57. The first-order valence-electron chi connectivity index (χ1n) is 10.2. The minimum Gasteiger partial charge on any atom is -0.399 e. The van der Waals surface area contributed by atoms with E-state index in [-0.39, 0.29) is 22.7 Å². The van der Waals surface area contributed by atoms with Crippen LogP contribution in [0.15, 0.2) is 28.5 Å². The summed E-state index contributed by atoms with van der Waals surface area (Å²) in [5.74, 6) is 0.724. The van der Waals surface area contributed by atoms with Gasteiger partial charge in [-0.1, -0.05) is 25.1 Å². The van der Waals surface area contributed by atoms with Crippen LogP contribution in [0.25, 0.3) is 0 Å². The number of hydrogen-bond acceptors (Lipinski definition) is 5. The van der Waals surface area contributed by atoms with Gasteiger partial charge in [-0.05, 0) is 67.6 Å². The first-order chi connectivity index (χ1) is 12.7. The summed E-state index contributed by atoms with van der Waals surface area (Å²) in [6.45, 7) is 6.50. The molecule has 4 rings (SSSR count). The molecule has 0 radical (unpaired) electrons. The molecule has 148 valence electrons. The zero-order chi connectivity index (χ0) is 19.6. The lowest BCUT2D eigenvalue weighted by molar-refractivity contribution is -0.0831. The number of hydrogen-bond donors (Lipinski definition) is 3. The van der Waals surface area contributed by atoms with Crippen LogP contribution in [0.2, 0.25) is 0 Å². The summed E-state index contributed by atoms with van der Waals surface area (Å²) in [4.78, 5) is 5.16. The zero-order valence-electron chi connectivity index (χ0n) is 16.8. The van der Waals surface area contributed by atoms with Crippen LogP contribution in [-0.2, 0) is 4.84 Å². The third kappa shape index (κ3) is 2.58. The Labute approximate surface area is 161 Å². The Hall–Kier alpha value is -1.46. The van der Waals surface area contributed by atoms with E-state index in [1.807, 2.05) is 6.92 Å². The molecular formula is C22H32N2O3. The molecule has 4 aliphatic rings. The normalized spacial score (nSPS) is 47.5. The van der Waals surface area contributed by atoms with Gasteiger partial charge in [0.05, 0.1) is 17.9 Å². The molecule has 2 saturated carbocycles. The van der Waals surface area contributed by atoms with Crippen LogP contribution in [0, 0.1) is 34.0 Å². The number of nitrogens with one attached hydrogen (secondary N) is 1. The Morgan fingerprint density at radius 3 is 2.67 bits per heavy atom. The second-order valence-electron chi connectivity index (χ2n) is 9.53. The zero-order valence-corrected chi connectivity index (χ0v) is 16.8. The quantitative estimate of drug-likeness (QED) is 0.512. The van der Waals surface area contributed by atoms with E-state index in [1.165, 1.54) is 11.1 Å². The highest BCUT2D eigenvalue weighted by molar-refractivity contribution is 6.00. The molecule has 0 aliphatic heterocycles. The van der Waals surface area contributed by atoms with Crippen molar-refractivity contribution in [2.75, 3.05) is 7.11 Å². The molecule has 0 aromatic rings. The van der Waals surface area contributed by atoms with Crippen LogP contribution in [0.4, 0.5) is 0 Å². The predicted molar refractivity (Wildman–Crippen MR) is 106 cm³/mol. The first-order valence-corrected chi connectivity index (χ1v) is 10.2. The molecule has 2 unspecified atom stereocenters. The number of aliphatic hydroxyl groups excluding tert-OH is 2. The lowest BCUT2D eigenvalue weighted by Crippen LogP contribution is -2.55. The van der Waals surface area contributed by atoms with Gasteiger partial charge in [0.2, 0.25) is 0 Å². The van der Waals surface area contributed by atoms with Crippen molar-refractivity contribution in [1.82, 2.24) is 0 Å². The molecular weight excluding hydrogens is 340 g/mol. The molecule has 0 amide bonds. The second kappa shape index (κ2) is 6.28. The van der Waals surface area contributed by atoms with Crippen LogP contribution >= 0.6 is 0 Å². The minimum atomic E-state index is -0.704. The fraction of sp³-hybridized carbons (Fsp3) is 0.727. The van der Waals surface area contributed by atoms with E-state index in [9.17, 15) is 10.2 Å². The van der Waals surface area contributed by atoms with Crippen molar-refractivity contribution in [1.29, 1.82) is 5.41 Å². The molecule has 0 heterocycles. The molecule has 27 heavy (non-hydrogen) atoms. The van der Waals surface area contributed by atoms with Gasteiger partial charge in [0.1, 0.15) is 7.11 Å². The van der Waals surface area contributed by atoms with E-state index in [4.69, 9.17) is 10.2 Å². The fourth-order valence-corrected chi connectivity index (χ4v) is 6.67. The van der Waals surface area contributed by atoms with Crippen LogP contribution in [0.1, 0.15) is 52.9 Å². The molecule has 4 aliphatic carbocycles. The molecule has 7 atom stereocenters. The van der Waals surface area contributed by atoms with E-state index in [1.54, 1.807) is 7.11 Å². The average Bonchev–Trinajstić information content (AvgIpc) is 2.95. The highest BCUT2D eigenvalue weighted by atomic mass is 16.6. The van der Waals surface area contributed by atoms with E-state index in [2.05, 4.69) is 31.2 Å². The van der Waals surface area contributed by atoms with Crippen molar-refractivity contribution in [2.45, 2.75) is 65.1 Å². The highest BCUT2D eigenvalue weighted by Gasteiger charge is 2.58. The molecule has 5 nitrogen and oxygen atoms in total. The van der Waals surface area contributed by atoms with Crippen molar-refractivity contribution in [3.8, 4) is 0 Å². The number of fused-ring (bicyclic) bond motifs is 5. The molecule has 0 saturated heterocycles. The molecule has 0 aromatic heterocycles. The van der Waals surface area contributed by atoms with Gasteiger partial charge < -0.3 is 20.5 Å². The van der Waals surface area contributed by atoms with Crippen LogP contribution in [0.5, 0.6) is 0 Å². The van der Waals surface area contributed by atoms with Gasteiger partial charge in [-0.2, -0.15) is 0 Å². The second-order valence-corrected chi connectivity index (χ2v) is 9.53. The molecule has 0 bridgehead atoms. The summed E-state index contributed by atoms with van der Waals surface area (Å²) >= 11 is 0. The summed E-state index contributed by atoms with van der Waals surface area (Å²) in [5, 5.41) is 33.3. The Balaban J connectivity index is 1.81. The van der Waals surface area contributed by atoms with Crippen LogP contribution < -0.4 is 0 Å². The molecule has 0 aromatic carbocycles. The molecule has 0 spiro atoms. The maximum absolute atomic E-state index is 10.5. The Bertz CT molecular complexity index is 755. The topological polar surface area (TPSA) is 85.9 Å². The highest BCUT2D eigenvalue weighted by Crippen LogP contribution is 2.63. The maximum Gasteiger partial charge on any atom is 0.106 e. The van der Waals surface area contributed by atoms with Gasteiger partial charge in [0, 0.05) is 23.0 Å². The average molecular weight is 373 g/mol. The Morgan fingerprint density at radius 2 is 2.00 bits per heavy atom. The SMILES string of the molecule is CO/N=C1/C=C2C3=CC[C@H](C(C)=N)[C@@]3(C)CCC2[C@@]2(C)C[C@H](O)[C@H](O)CC12. The van der Waals surface area contributed by atoms with Crippen LogP contribution in [-0.4, -0.2) is 41.0 Å². The van der Waals surface area contributed by atoms with Gasteiger partial charge in [0.25, 0.3) is 0 Å². The number of allylic oxidation sites excluding steroid dienone is 4. The third-order valence-corrected chi connectivity index (χ3v) is 8.12. The minimum absolute atomic E-state index is 0.0162. The van der Waals surface area contributed by atoms with Gasteiger partial charge in [-0.15, -0.1) is 0 Å². The largest absolute Gasteiger partial charge is 0.399 e. The van der Waals surface area contributed by atoms with Crippen LogP contribution in [0.3, 0.4) is 0 Å². The van der Waals surface area contributed by atoms with Crippen molar-refractivity contribution >= 4 is 11.4 Å². The van der Waals surface area contributed by atoms with Gasteiger partial charge in [0.15, 0.2) is 0 Å². The predicted octanol–water partition coefficient (Wildman–Crippen LogP) is 3.47. The van der Waals surface area contributed by atoms with Gasteiger partial charge in [-0.25, -0.2) is 0 Å². The molecule has 5 heteroatoms. The van der Waals surface area contributed by atoms with Gasteiger partial charge in [-0.3, -0.25) is 0 Å². The maximum atomic E-state index is 10.5. The Morgan fingerprint density at radius 1 is 1.26 bits per heavy atom. The number of rotatable bonds is 2. The lowest BCUT2D eigenvalue weighted by Gasteiger charge is -2.56. The van der Waals surface area contributed by atoms with Gasteiger partial charge >= 0.3 is 0 Å². The third-order valence-electron chi connectivity index (χ3n) is 8.12. The van der Waals surface area contributed by atoms with Crippen molar-refractivity contribution < 1.29 is 15.1 Å². The fourth-order valence-electron chi connectivity index (χ4n) is 6.67. The van der Waals surface area contributed by atoms with Crippen molar-refractivity contribution in [2.24, 2.45) is 33.7 Å². The van der Waals surface area contributed by atoms with E-state index in [0.717, 1.165) is 30.7 Å². The number of oxime groups is 1. The standard InChI is InChI=1S/C22H32N2O3/c1-12(23)14-5-6-15-13-9-18(24-27-4)17-10-19(25)20(26)11-22(17,3)16(13)7-8-21(14,15)2/h6,9,14,16-17,19-20,23,25-26H,5,7-8,10-11H2,1-4H3/b23-12?,24-18-/t14-,16?,17?,19-,20+,21-,22-/m1/s1. The number of aliphatic hydroxyl groups is 2. The van der Waals surface area contributed by atoms with Crippen molar-refractivity contribution in [3.63, 3.8) is 0 Å². The molecule has 2 fully saturated rings. The first kappa shape index (κ1) is 18.9. The smallest absolute Gasteiger partial charge is 0.106 e. The molecule has 3 N–H and O–H groups in total. The number of nitrogens with zero attached hydrogens (tertiary/aromatic N) is 1. The summed E-state index contributed by atoms with van der Waals surface area (Å²) < 4.78 is 0. The lowest BCUT2D eigenvalue weighted by atomic mass is 9.48. The monoisotopic (exact) mass is 372 g/mol.